The summed E-state index contributed by atoms with van der Waals surface area (Å²) in [6, 6.07) is 0. The topological polar surface area (TPSA) is 38.5 Å². The molecule has 1 aliphatic carbocycles. The molecule has 0 aromatic carbocycles. The first-order valence-electron chi connectivity index (χ1n) is 5.10. The molecule has 0 amide bonds. The Hall–Kier alpha value is -0.120. The molecule has 1 aliphatic rings. The van der Waals surface area contributed by atoms with E-state index in [4.69, 9.17) is 10.5 Å². The molecular formula is C10H22N2O. The van der Waals surface area contributed by atoms with Crippen LogP contribution < -0.4 is 5.73 Å². The number of ether oxygens (including phenoxy) is 1. The van der Waals surface area contributed by atoms with Gasteiger partial charge in [0.15, 0.2) is 0 Å². The van der Waals surface area contributed by atoms with Crippen LogP contribution in [0.2, 0.25) is 0 Å². The number of methoxy groups -OCH3 is 1. The summed E-state index contributed by atoms with van der Waals surface area (Å²) < 4.78 is 5.01. The van der Waals surface area contributed by atoms with Crippen molar-refractivity contribution in [2.45, 2.75) is 19.3 Å². The Morgan fingerprint density at radius 2 is 2.15 bits per heavy atom. The highest BCUT2D eigenvalue weighted by Gasteiger charge is 2.41. The van der Waals surface area contributed by atoms with E-state index in [9.17, 15) is 0 Å². The third kappa shape index (κ3) is 3.63. The minimum Gasteiger partial charge on any atom is -0.385 e. The van der Waals surface area contributed by atoms with Gasteiger partial charge < -0.3 is 15.4 Å². The standard InChI is InChI=1S/C10H22N2O/c1-12(6-3-7-13-2)9-10(8-11)4-5-10/h3-9,11H2,1-2H3. The van der Waals surface area contributed by atoms with Crippen LogP contribution in [0.3, 0.4) is 0 Å². The van der Waals surface area contributed by atoms with Crippen molar-refractivity contribution < 1.29 is 4.74 Å². The van der Waals surface area contributed by atoms with Crippen LogP contribution in [0.25, 0.3) is 0 Å². The molecule has 3 heteroatoms. The first-order valence-corrected chi connectivity index (χ1v) is 5.10. The molecule has 0 saturated heterocycles. The van der Waals surface area contributed by atoms with Gasteiger partial charge in [-0.1, -0.05) is 0 Å². The van der Waals surface area contributed by atoms with E-state index < -0.39 is 0 Å². The number of nitrogens with two attached hydrogens (primary N) is 1. The van der Waals surface area contributed by atoms with Crippen molar-refractivity contribution in [3.8, 4) is 0 Å². The molecule has 0 radical (unpaired) electrons. The lowest BCUT2D eigenvalue weighted by Gasteiger charge is -2.22. The van der Waals surface area contributed by atoms with Crippen LogP contribution in [0.15, 0.2) is 0 Å². The molecule has 0 aromatic heterocycles. The Labute approximate surface area is 81.2 Å². The van der Waals surface area contributed by atoms with Gasteiger partial charge in [-0.25, -0.2) is 0 Å². The Morgan fingerprint density at radius 3 is 2.62 bits per heavy atom. The molecule has 0 atom stereocenters. The van der Waals surface area contributed by atoms with Crippen molar-refractivity contribution in [3.63, 3.8) is 0 Å². The summed E-state index contributed by atoms with van der Waals surface area (Å²) in [4.78, 5) is 2.37. The van der Waals surface area contributed by atoms with Crippen LogP contribution in [0.1, 0.15) is 19.3 Å². The highest BCUT2D eigenvalue weighted by molar-refractivity contribution is 4.95. The summed E-state index contributed by atoms with van der Waals surface area (Å²) in [6.07, 6.45) is 3.75. The van der Waals surface area contributed by atoms with Crippen molar-refractivity contribution in [1.82, 2.24) is 4.90 Å². The summed E-state index contributed by atoms with van der Waals surface area (Å²) >= 11 is 0. The van der Waals surface area contributed by atoms with Crippen LogP contribution in [0, 0.1) is 5.41 Å². The summed E-state index contributed by atoms with van der Waals surface area (Å²) in [5.74, 6) is 0. The van der Waals surface area contributed by atoms with Gasteiger partial charge in [-0.3, -0.25) is 0 Å². The predicted molar refractivity (Wildman–Crippen MR) is 54.7 cm³/mol. The van der Waals surface area contributed by atoms with Crippen molar-refractivity contribution in [2.75, 3.05) is 40.4 Å². The van der Waals surface area contributed by atoms with E-state index in [1.807, 2.05) is 0 Å². The van der Waals surface area contributed by atoms with E-state index in [1.54, 1.807) is 7.11 Å². The average molecular weight is 186 g/mol. The molecule has 0 bridgehead atoms. The van der Waals surface area contributed by atoms with Gasteiger partial charge in [0.1, 0.15) is 0 Å². The fraction of sp³-hybridized carbons (Fsp3) is 1.00. The maximum absolute atomic E-state index is 5.72. The van der Waals surface area contributed by atoms with E-state index >= 15 is 0 Å². The Bertz CT molecular complexity index is 146. The van der Waals surface area contributed by atoms with Gasteiger partial charge >= 0.3 is 0 Å². The van der Waals surface area contributed by atoms with Crippen LogP contribution in [-0.4, -0.2) is 45.3 Å². The Morgan fingerprint density at radius 1 is 1.46 bits per heavy atom. The van der Waals surface area contributed by atoms with E-state index in [-0.39, 0.29) is 0 Å². The second kappa shape index (κ2) is 4.94. The maximum atomic E-state index is 5.72. The van der Waals surface area contributed by atoms with E-state index in [0.717, 1.165) is 32.7 Å². The predicted octanol–water partition coefficient (Wildman–Crippen LogP) is 0.694. The lowest BCUT2D eigenvalue weighted by Crippen LogP contribution is -2.32. The summed E-state index contributed by atoms with van der Waals surface area (Å²) in [5, 5.41) is 0. The van der Waals surface area contributed by atoms with Crippen LogP contribution in [-0.2, 0) is 4.74 Å². The second-order valence-electron chi connectivity index (χ2n) is 4.29. The molecule has 2 N–H and O–H groups in total. The van der Waals surface area contributed by atoms with Gasteiger partial charge in [-0.15, -0.1) is 0 Å². The van der Waals surface area contributed by atoms with Crippen molar-refractivity contribution in [3.05, 3.63) is 0 Å². The number of hydrogen-bond donors (Lipinski definition) is 1. The summed E-state index contributed by atoms with van der Waals surface area (Å²) in [7, 11) is 3.92. The molecule has 0 unspecified atom stereocenters. The number of nitrogens with zero attached hydrogens (tertiary/aromatic N) is 1. The highest BCUT2D eigenvalue weighted by Crippen LogP contribution is 2.44. The quantitative estimate of drug-likeness (QED) is 0.595. The molecule has 1 rings (SSSR count). The fourth-order valence-corrected chi connectivity index (χ4v) is 1.73. The minimum absolute atomic E-state index is 0.474. The van der Waals surface area contributed by atoms with Gasteiger partial charge in [0, 0.05) is 26.8 Å². The van der Waals surface area contributed by atoms with E-state index in [0.29, 0.717) is 5.41 Å². The summed E-state index contributed by atoms with van der Waals surface area (Å²) in [5.41, 5.74) is 6.19. The van der Waals surface area contributed by atoms with E-state index in [1.165, 1.54) is 12.8 Å². The molecule has 78 valence electrons. The zero-order chi connectivity index (χ0) is 9.73. The van der Waals surface area contributed by atoms with Gasteiger partial charge in [-0.05, 0) is 38.3 Å². The van der Waals surface area contributed by atoms with Gasteiger partial charge in [-0.2, -0.15) is 0 Å². The van der Waals surface area contributed by atoms with Gasteiger partial charge in [0.2, 0.25) is 0 Å². The Kier molecular flexibility index (Phi) is 4.16. The zero-order valence-corrected chi connectivity index (χ0v) is 8.88. The van der Waals surface area contributed by atoms with Gasteiger partial charge in [0.25, 0.3) is 0 Å². The van der Waals surface area contributed by atoms with Crippen LogP contribution in [0.4, 0.5) is 0 Å². The third-order valence-corrected chi connectivity index (χ3v) is 2.88. The molecule has 0 aliphatic heterocycles. The molecule has 13 heavy (non-hydrogen) atoms. The number of rotatable bonds is 7. The van der Waals surface area contributed by atoms with E-state index in [2.05, 4.69) is 11.9 Å². The van der Waals surface area contributed by atoms with Crippen molar-refractivity contribution >= 4 is 0 Å². The first kappa shape index (κ1) is 11.0. The lowest BCUT2D eigenvalue weighted by molar-refractivity contribution is 0.172. The van der Waals surface area contributed by atoms with Crippen LogP contribution >= 0.6 is 0 Å². The highest BCUT2D eigenvalue weighted by atomic mass is 16.5. The largest absolute Gasteiger partial charge is 0.385 e. The monoisotopic (exact) mass is 186 g/mol. The molecule has 1 fully saturated rings. The normalized spacial score (nSPS) is 19.4. The molecule has 0 aromatic rings. The molecule has 0 spiro atoms. The number of hydrogen-bond acceptors (Lipinski definition) is 3. The first-order chi connectivity index (χ1) is 6.22. The molecule has 1 saturated carbocycles. The zero-order valence-electron chi connectivity index (χ0n) is 8.88. The smallest absolute Gasteiger partial charge is 0.0474 e. The molecular weight excluding hydrogens is 164 g/mol. The minimum atomic E-state index is 0.474. The third-order valence-electron chi connectivity index (χ3n) is 2.88. The Balaban J connectivity index is 2.07. The van der Waals surface area contributed by atoms with Gasteiger partial charge in [0.05, 0.1) is 0 Å². The van der Waals surface area contributed by atoms with Crippen LogP contribution in [0.5, 0.6) is 0 Å². The van der Waals surface area contributed by atoms with Crippen molar-refractivity contribution in [1.29, 1.82) is 0 Å². The fourth-order valence-electron chi connectivity index (χ4n) is 1.73. The molecule has 3 nitrogen and oxygen atoms in total. The average Bonchev–Trinajstić information content (AvgIpc) is 2.86. The second-order valence-corrected chi connectivity index (χ2v) is 4.29. The maximum Gasteiger partial charge on any atom is 0.0474 e. The lowest BCUT2D eigenvalue weighted by atomic mass is 10.1. The summed E-state index contributed by atoms with van der Waals surface area (Å²) in [6.45, 7) is 3.99. The van der Waals surface area contributed by atoms with Crippen molar-refractivity contribution in [2.24, 2.45) is 11.1 Å². The SMILES string of the molecule is COCCCN(C)CC1(CN)CC1. The molecule has 0 heterocycles.